The second kappa shape index (κ2) is 7.88. The van der Waals surface area contributed by atoms with Gasteiger partial charge in [-0.3, -0.25) is 4.79 Å². The van der Waals surface area contributed by atoms with Gasteiger partial charge in [-0.2, -0.15) is 0 Å². The van der Waals surface area contributed by atoms with Gasteiger partial charge in [-0.15, -0.1) is 0 Å². The molecule has 0 spiro atoms. The largest absolute Gasteiger partial charge is 0.375 e. The van der Waals surface area contributed by atoms with Crippen molar-refractivity contribution < 1.29 is 9.53 Å². The fourth-order valence-electron chi connectivity index (χ4n) is 1.99. The first-order valence-electron chi connectivity index (χ1n) is 7.50. The minimum absolute atomic E-state index is 0.0148. The molecule has 114 valence electrons. The van der Waals surface area contributed by atoms with Crippen LogP contribution in [0.4, 0.5) is 0 Å². The fourth-order valence-corrected chi connectivity index (χ4v) is 1.99. The number of ether oxygens (including phenoxy) is 1. The molecule has 0 rings (SSSR count). The summed E-state index contributed by atoms with van der Waals surface area (Å²) in [5.74, 6) is 0.778. The highest BCUT2D eigenvalue weighted by atomic mass is 16.5. The SMILES string of the molecule is CCC(C)CCC(C)(C)OCCC(C)(C)NC(C)=O. The van der Waals surface area contributed by atoms with Crippen molar-refractivity contribution in [1.29, 1.82) is 0 Å². The molecule has 3 nitrogen and oxygen atoms in total. The minimum Gasteiger partial charge on any atom is -0.375 e. The van der Waals surface area contributed by atoms with Gasteiger partial charge in [0, 0.05) is 19.1 Å². The van der Waals surface area contributed by atoms with Crippen LogP contribution in [0.5, 0.6) is 0 Å². The molecule has 0 aromatic heterocycles. The Morgan fingerprint density at radius 2 is 1.79 bits per heavy atom. The van der Waals surface area contributed by atoms with E-state index in [9.17, 15) is 4.79 Å². The lowest BCUT2D eigenvalue weighted by Gasteiger charge is -2.30. The summed E-state index contributed by atoms with van der Waals surface area (Å²) < 4.78 is 5.99. The smallest absolute Gasteiger partial charge is 0.217 e. The molecule has 0 heterocycles. The third-order valence-electron chi connectivity index (χ3n) is 3.67. The van der Waals surface area contributed by atoms with Gasteiger partial charge in [0.25, 0.3) is 0 Å². The van der Waals surface area contributed by atoms with Crippen molar-refractivity contribution in [1.82, 2.24) is 5.32 Å². The topological polar surface area (TPSA) is 38.3 Å². The van der Waals surface area contributed by atoms with E-state index in [2.05, 4.69) is 33.0 Å². The van der Waals surface area contributed by atoms with Crippen molar-refractivity contribution in [2.75, 3.05) is 6.61 Å². The second-order valence-electron chi connectivity index (χ2n) is 6.98. The molecule has 0 fully saturated rings. The van der Waals surface area contributed by atoms with Crippen LogP contribution in [0.2, 0.25) is 0 Å². The van der Waals surface area contributed by atoms with Gasteiger partial charge in [0.2, 0.25) is 5.91 Å². The van der Waals surface area contributed by atoms with Crippen LogP contribution in [0, 0.1) is 5.92 Å². The Kier molecular flexibility index (Phi) is 7.65. The van der Waals surface area contributed by atoms with E-state index < -0.39 is 0 Å². The molecular weight excluding hydrogens is 238 g/mol. The van der Waals surface area contributed by atoms with E-state index in [1.54, 1.807) is 6.92 Å². The normalized spacial score (nSPS) is 14.3. The van der Waals surface area contributed by atoms with Gasteiger partial charge < -0.3 is 10.1 Å². The van der Waals surface area contributed by atoms with Crippen molar-refractivity contribution in [3.63, 3.8) is 0 Å². The standard InChI is InChI=1S/C16H33NO2/c1-8-13(2)9-10-16(6,7)19-12-11-15(4,5)17-14(3)18/h13H,8-12H2,1-7H3,(H,17,18). The number of carbonyl (C=O) groups excluding carboxylic acids is 1. The van der Waals surface area contributed by atoms with E-state index in [1.165, 1.54) is 12.8 Å². The van der Waals surface area contributed by atoms with E-state index >= 15 is 0 Å². The average Bonchev–Trinajstić information content (AvgIpc) is 2.23. The highest BCUT2D eigenvalue weighted by Crippen LogP contribution is 2.22. The number of rotatable bonds is 9. The third-order valence-corrected chi connectivity index (χ3v) is 3.67. The number of carbonyl (C=O) groups is 1. The molecule has 0 aliphatic heterocycles. The van der Waals surface area contributed by atoms with E-state index in [1.807, 2.05) is 13.8 Å². The molecule has 0 saturated carbocycles. The lowest BCUT2D eigenvalue weighted by Crippen LogP contribution is -2.43. The highest BCUT2D eigenvalue weighted by Gasteiger charge is 2.23. The molecule has 0 aromatic rings. The third kappa shape index (κ3) is 9.94. The van der Waals surface area contributed by atoms with E-state index in [-0.39, 0.29) is 17.0 Å². The Morgan fingerprint density at radius 3 is 2.26 bits per heavy atom. The molecule has 1 amide bonds. The molecule has 0 aliphatic carbocycles. The van der Waals surface area contributed by atoms with Gasteiger partial charge in [0.15, 0.2) is 0 Å². The maximum atomic E-state index is 11.1. The predicted octanol–water partition coefficient (Wildman–Crippen LogP) is 3.91. The van der Waals surface area contributed by atoms with Crippen LogP contribution in [0.25, 0.3) is 0 Å². The average molecular weight is 271 g/mol. The highest BCUT2D eigenvalue weighted by molar-refractivity contribution is 5.73. The van der Waals surface area contributed by atoms with E-state index in [4.69, 9.17) is 4.74 Å². The van der Waals surface area contributed by atoms with Crippen molar-refractivity contribution in [2.24, 2.45) is 5.92 Å². The van der Waals surface area contributed by atoms with Crippen molar-refractivity contribution >= 4 is 5.91 Å². The monoisotopic (exact) mass is 271 g/mol. The van der Waals surface area contributed by atoms with Crippen LogP contribution in [-0.4, -0.2) is 23.7 Å². The van der Waals surface area contributed by atoms with Crippen LogP contribution in [0.1, 0.15) is 74.1 Å². The molecule has 19 heavy (non-hydrogen) atoms. The maximum absolute atomic E-state index is 11.1. The zero-order valence-corrected chi connectivity index (χ0v) is 13.9. The summed E-state index contributed by atoms with van der Waals surface area (Å²) in [4.78, 5) is 11.1. The summed E-state index contributed by atoms with van der Waals surface area (Å²) in [6.07, 6.45) is 4.35. The molecule has 1 N–H and O–H groups in total. The maximum Gasteiger partial charge on any atom is 0.217 e. The minimum atomic E-state index is -0.196. The van der Waals surface area contributed by atoms with Gasteiger partial charge in [-0.25, -0.2) is 0 Å². The van der Waals surface area contributed by atoms with Gasteiger partial charge in [0.1, 0.15) is 0 Å². The summed E-state index contributed by atoms with van der Waals surface area (Å²) in [6, 6.07) is 0. The molecule has 0 saturated heterocycles. The lowest BCUT2D eigenvalue weighted by atomic mass is 9.94. The molecule has 0 radical (unpaired) electrons. The van der Waals surface area contributed by atoms with E-state index in [0.717, 1.165) is 18.8 Å². The summed E-state index contributed by atoms with van der Waals surface area (Å²) in [7, 11) is 0. The zero-order chi connectivity index (χ0) is 15.1. The predicted molar refractivity (Wildman–Crippen MR) is 81.2 cm³/mol. The number of amides is 1. The summed E-state index contributed by atoms with van der Waals surface area (Å²) in [5, 5.41) is 2.95. The van der Waals surface area contributed by atoms with Crippen LogP contribution in [0.3, 0.4) is 0 Å². The lowest BCUT2D eigenvalue weighted by molar-refractivity contribution is -0.120. The molecule has 0 aromatic carbocycles. The second-order valence-corrected chi connectivity index (χ2v) is 6.98. The molecule has 0 aliphatic rings. The number of hydrogen-bond acceptors (Lipinski definition) is 2. The van der Waals surface area contributed by atoms with Crippen LogP contribution < -0.4 is 5.32 Å². The Hall–Kier alpha value is -0.570. The molecule has 1 atom stereocenters. The van der Waals surface area contributed by atoms with Crippen molar-refractivity contribution in [3.8, 4) is 0 Å². The zero-order valence-electron chi connectivity index (χ0n) is 13.9. The van der Waals surface area contributed by atoms with E-state index in [0.29, 0.717) is 6.61 Å². The first-order valence-corrected chi connectivity index (χ1v) is 7.50. The number of nitrogens with one attached hydrogen (secondary N) is 1. The number of hydrogen-bond donors (Lipinski definition) is 1. The van der Waals surface area contributed by atoms with Crippen molar-refractivity contribution in [2.45, 2.75) is 85.3 Å². The van der Waals surface area contributed by atoms with Gasteiger partial charge in [-0.1, -0.05) is 20.3 Å². The van der Waals surface area contributed by atoms with Crippen molar-refractivity contribution in [3.05, 3.63) is 0 Å². The quantitative estimate of drug-likeness (QED) is 0.690. The van der Waals surface area contributed by atoms with Gasteiger partial charge >= 0.3 is 0 Å². The molecular formula is C16H33NO2. The summed E-state index contributed by atoms with van der Waals surface area (Å²) >= 11 is 0. The van der Waals surface area contributed by atoms with Crippen LogP contribution >= 0.6 is 0 Å². The van der Waals surface area contributed by atoms with Gasteiger partial charge in [0.05, 0.1) is 5.60 Å². The first-order chi connectivity index (χ1) is 8.58. The van der Waals surface area contributed by atoms with Gasteiger partial charge in [-0.05, 0) is 52.9 Å². The summed E-state index contributed by atoms with van der Waals surface area (Å²) in [5.41, 5.74) is -0.269. The molecule has 0 bridgehead atoms. The Labute approximate surface area is 119 Å². The fraction of sp³-hybridized carbons (Fsp3) is 0.938. The first kappa shape index (κ1) is 18.4. The Balaban J connectivity index is 4.00. The summed E-state index contributed by atoms with van der Waals surface area (Å²) in [6.45, 7) is 15.1. The van der Waals surface area contributed by atoms with Crippen LogP contribution in [0.15, 0.2) is 0 Å². The van der Waals surface area contributed by atoms with Crippen LogP contribution in [-0.2, 0) is 9.53 Å². The molecule has 1 unspecified atom stereocenters. The Morgan fingerprint density at radius 1 is 1.21 bits per heavy atom. The Bertz CT molecular complexity index is 272. The molecule has 3 heteroatoms.